The van der Waals surface area contributed by atoms with E-state index in [4.69, 9.17) is 4.55 Å². The Bertz CT molecular complexity index is 93.0. The van der Waals surface area contributed by atoms with E-state index in [-0.39, 0.29) is 55.4 Å². The van der Waals surface area contributed by atoms with E-state index in [1.54, 1.807) is 0 Å². The molecule has 0 aliphatic carbocycles. The van der Waals surface area contributed by atoms with Gasteiger partial charge in [-0.2, -0.15) is 0 Å². The van der Waals surface area contributed by atoms with Gasteiger partial charge in [-0.1, -0.05) is 0 Å². The Morgan fingerprint density at radius 3 is 0.750 bits per heavy atom. The molecule has 0 saturated carbocycles. The minimum absolute atomic E-state index is 0. The van der Waals surface area contributed by atoms with Crippen molar-refractivity contribution in [3.8, 4) is 0 Å². The molecule has 0 aromatic carbocycles. The second-order valence-corrected chi connectivity index (χ2v) is 6.34. The Morgan fingerprint density at radius 2 is 0.750 bits per heavy atom. The fourth-order valence-corrected chi connectivity index (χ4v) is 0. The molecule has 0 rings (SSSR count). The molecular weight excluding hydrogens is 257 g/mol. The molecule has 0 atom stereocenters. The van der Waals surface area contributed by atoms with Crippen molar-refractivity contribution < 1.29 is 68.4 Å². The van der Waals surface area contributed by atoms with Crippen molar-refractivity contribution in [2.24, 2.45) is 0 Å². The van der Waals surface area contributed by atoms with Crippen molar-refractivity contribution in [3.63, 3.8) is 0 Å². The first kappa shape index (κ1) is 85.8. The molecule has 15 N–H and O–H groups in total. The summed E-state index contributed by atoms with van der Waals surface area (Å²) in [5, 5.41) is 0. The Morgan fingerprint density at radius 1 is 0.750 bits per heavy atom. The van der Waals surface area contributed by atoms with E-state index >= 15 is 0 Å². The van der Waals surface area contributed by atoms with Crippen molar-refractivity contribution in [1.29, 1.82) is 0 Å². The van der Waals surface area contributed by atoms with E-state index in [1.807, 2.05) is 0 Å². The van der Waals surface area contributed by atoms with Crippen LogP contribution in [0.5, 0.6) is 0 Å². The molecule has 0 aromatic rings. The zero-order valence-corrected chi connectivity index (χ0v) is 9.66. The predicted octanol–water partition coefficient (Wildman–Crippen LogP) is -6.44. The van der Waals surface area contributed by atoms with Crippen molar-refractivity contribution in [3.05, 3.63) is 0 Å². The van der Waals surface area contributed by atoms with Gasteiger partial charge in [0.2, 0.25) is 0 Å². The number of hydrogen-bond acceptors (Lipinski definition) is 2. The van der Waals surface area contributed by atoms with Crippen LogP contribution < -0.4 is 0 Å². The van der Waals surface area contributed by atoms with Gasteiger partial charge in [-0.25, -0.2) is 0 Å². The van der Waals surface area contributed by atoms with Gasteiger partial charge in [0, 0.05) is 0 Å². The van der Waals surface area contributed by atoms with E-state index < -0.39 is 8.11 Å². The standard InChI is InChI=1S/HO3S.7H2O.Zn/c1-4(2)3;;;;;;;;/h(H,1,2,3);7*1H2;. The van der Waals surface area contributed by atoms with E-state index in [0.29, 0.717) is 0 Å². The van der Waals surface area contributed by atoms with Gasteiger partial charge in [0.25, 0.3) is 0 Å². The molecule has 83 valence electrons. The van der Waals surface area contributed by atoms with Crippen molar-refractivity contribution >= 4 is 8.11 Å². The number of hydrogen-bond donors (Lipinski definition) is 1. The van der Waals surface area contributed by atoms with Crippen LogP contribution in [0.2, 0.25) is 0 Å². The summed E-state index contributed by atoms with van der Waals surface area (Å²) < 4.78 is 26.0. The molecule has 0 bridgehead atoms. The molecular formula is H15O10SZn. The Labute approximate surface area is 77.0 Å². The van der Waals surface area contributed by atoms with Crippen molar-refractivity contribution in [1.82, 2.24) is 0 Å². The summed E-state index contributed by atoms with van der Waals surface area (Å²) in [6.07, 6.45) is 0. The first-order valence-corrected chi connectivity index (χ1v) is 6.05. The third-order valence-corrected chi connectivity index (χ3v) is 0. The molecule has 0 unspecified atom stereocenters. The average Bonchev–Trinajstić information content (AvgIpc) is 0.722. The van der Waals surface area contributed by atoms with Crippen LogP contribution in [0.25, 0.3) is 0 Å². The fourth-order valence-electron chi connectivity index (χ4n) is 0. The average molecular weight is 273 g/mol. The molecule has 0 fully saturated rings. The Kier molecular flexibility index (Phi) is 216. The van der Waals surface area contributed by atoms with Gasteiger partial charge in [0.05, 0.1) is 0 Å². The third kappa shape index (κ3) is 13700. The number of rotatable bonds is 0. The van der Waals surface area contributed by atoms with Crippen LogP contribution in [-0.4, -0.2) is 51.3 Å². The Balaban J connectivity index is -0.00000000381. The summed E-state index contributed by atoms with van der Waals surface area (Å²) in [6.45, 7) is 0. The molecule has 0 amide bonds. The van der Waals surface area contributed by atoms with Crippen LogP contribution in [0.1, 0.15) is 0 Å². The van der Waals surface area contributed by atoms with Gasteiger partial charge < -0.3 is 38.3 Å². The normalized spacial score (nSPS) is 4.92. The fraction of sp³-hybridized carbons (Fsp3) is 0. The van der Waals surface area contributed by atoms with Crippen LogP contribution in [0, 0.1) is 0 Å². The molecule has 0 radical (unpaired) electrons. The summed E-state index contributed by atoms with van der Waals surface area (Å²) in [5.74, 6) is 0. The van der Waals surface area contributed by atoms with Crippen LogP contribution in [0.3, 0.4) is 0 Å². The molecule has 0 aliphatic rings. The topological polar surface area (TPSA) is 275 Å². The molecule has 10 nitrogen and oxygen atoms in total. The summed E-state index contributed by atoms with van der Waals surface area (Å²) in [4.78, 5) is 0. The first-order valence-electron chi connectivity index (χ1n) is 0.805. The van der Waals surface area contributed by atoms with Gasteiger partial charge >= 0.3 is 38.2 Å². The predicted molar refractivity (Wildman–Crippen MR) is 36.8 cm³/mol. The van der Waals surface area contributed by atoms with Crippen molar-refractivity contribution in [2.75, 3.05) is 0 Å². The zero-order chi connectivity index (χ0) is 4.50. The van der Waals surface area contributed by atoms with Crippen LogP contribution in [-0.2, 0) is 25.2 Å². The maximum absolute atomic E-state index is 9.24. The third-order valence-electron chi connectivity index (χ3n) is 0. The first-order chi connectivity index (χ1) is 2.00. The quantitative estimate of drug-likeness (QED) is 0.332. The van der Waals surface area contributed by atoms with Gasteiger partial charge in [0.15, 0.2) is 0 Å². The molecule has 0 spiro atoms. The van der Waals surface area contributed by atoms with Crippen molar-refractivity contribution in [2.45, 2.75) is 0 Å². The molecule has 0 heterocycles. The summed E-state index contributed by atoms with van der Waals surface area (Å²) in [6, 6.07) is 0. The molecule has 12 heavy (non-hydrogen) atoms. The summed E-state index contributed by atoms with van der Waals surface area (Å²) >= 11 is -0.0764. The second kappa shape index (κ2) is 30.3. The molecule has 0 saturated heterocycles. The van der Waals surface area contributed by atoms with Gasteiger partial charge in [-0.05, 0) is 0 Å². The summed E-state index contributed by atoms with van der Waals surface area (Å²) in [7, 11) is -3.54. The van der Waals surface area contributed by atoms with E-state index in [2.05, 4.69) is 0 Å². The minimum atomic E-state index is -3.54. The monoisotopic (exact) mass is 271 g/mol. The molecule has 12 heteroatoms. The zero-order valence-electron chi connectivity index (χ0n) is 5.88. The van der Waals surface area contributed by atoms with E-state index in [9.17, 15) is 8.42 Å². The van der Waals surface area contributed by atoms with E-state index in [0.717, 1.165) is 0 Å². The van der Waals surface area contributed by atoms with Gasteiger partial charge in [-0.3, -0.25) is 0 Å². The van der Waals surface area contributed by atoms with Crippen LogP contribution in [0.4, 0.5) is 0 Å². The van der Waals surface area contributed by atoms with Gasteiger partial charge in [-0.15, -0.1) is 0 Å². The maximum atomic E-state index is 9.24. The molecule has 0 aromatic heterocycles. The second-order valence-electron chi connectivity index (χ2n) is 0.582. The Hall–Kier alpha value is 0.253. The molecule has 0 aliphatic heterocycles. The SMILES string of the molecule is O.O.O.O.O.O.O.O=[S](=O)(O)[Zn]. The van der Waals surface area contributed by atoms with Crippen LogP contribution >= 0.6 is 0 Å². The van der Waals surface area contributed by atoms with Crippen LogP contribution in [0.15, 0.2) is 0 Å². The van der Waals surface area contributed by atoms with E-state index in [1.165, 1.54) is 0 Å². The summed E-state index contributed by atoms with van der Waals surface area (Å²) in [5.41, 5.74) is 0. The van der Waals surface area contributed by atoms with Gasteiger partial charge in [0.1, 0.15) is 0 Å².